The predicted molar refractivity (Wildman–Crippen MR) is 70.9 cm³/mol. The minimum atomic E-state index is -0.844. The standard InChI is InChI=1S/C11H13BrN2O5/c12-2-1-6-4-14(11(18)13-10(6)17)9-3-7(16)8(5-15)19-9/h1-2,4,7-9,15-16H,3,5H2,(H,13,17,18)/b2-1+/t7?,8?,9-/m1/s1. The molecule has 8 heteroatoms. The smallest absolute Gasteiger partial charge is 0.330 e. The number of aromatic amines is 1. The zero-order chi connectivity index (χ0) is 14.0. The van der Waals surface area contributed by atoms with Gasteiger partial charge in [0.1, 0.15) is 12.3 Å². The van der Waals surface area contributed by atoms with Crippen LogP contribution in [-0.2, 0) is 4.74 Å². The molecular formula is C11H13BrN2O5. The third kappa shape index (κ3) is 2.86. The third-order valence-corrected chi connectivity index (χ3v) is 3.20. The van der Waals surface area contributed by atoms with Crippen LogP contribution in [0.1, 0.15) is 18.2 Å². The number of ether oxygens (including phenoxy) is 1. The van der Waals surface area contributed by atoms with E-state index in [4.69, 9.17) is 9.84 Å². The maximum Gasteiger partial charge on any atom is 0.330 e. The Morgan fingerprint density at radius 3 is 2.89 bits per heavy atom. The molecule has 1 aromatic heterocycles. The van der Waals surface area contributed by atoms with Crippen LogP contribution in [0.3, 0.4) is 0 Å². The molecule has 19 heavy (non-hydrogen) atoms. The summed E-state index contributed by atoms with van der Waals surface area (Å²) in [6.07, 6.45) is 0.746. The highest BCUT2D eigenvalue weighted by atomic mass is 79.9. The molecule has 2 rings (SSSR count). The Kier molecular flexibility index (Phi) is 4.35. The Morgan fingerprint density at radius 2 is 2.32 bits per heavy atom. The maximum absolute atomic E-state index is 11.7. The minimum Gasteiger partial charge on any atom is -0.394 e. The Bertz CT molecular complexity index is 593. The van der Waals surface area contributed by atoms with Gasteiger partial charge in [-0.05, 0) is 11.1 Å². The summed E-state index contributed by atoms with van der Waals surface area (Å²) in [6.45, 7) is -0.329. The van der Waals surface area contributed by atoms with Gasteiger partial charge in [-0.1, -0.05) is 15.9 Å². The molecule has 0 spiro atoms. The summed E-state index contributed by atoms with van der Waals surface area (Å²) in [7, 11) is 0. The summed E-state index contributed by atoms with van der Waals surface area (Å²) < 4.78 is 6.56. The van der Waals surface area contributed by atoms with E-state index in [1.54, 1.807) is 0 Å². The number of aliphatic hydroxyl groups is 2. The Labute approximate surface area is 116 Å². The van der Waals surface area contributed by atoms with Gasteiger partial charge in [-0.3, -0.25) is 14.3 Å². The lowest BCUT2D eigenvalue weighted by Gasteiger charge is -2.14. The van der Waals surface area contributed by atoms with Gasteiger partial charge in [0.25, 0.3) is 5.56 Å². The average molecular weight is 333 g/mol. The molecule has 7 nitrogen and oxygen atoms in total. The zero-order valence-electron chi connectivity index (χ0n) is 9.82. The van der Waals surface area contributed by atoms with E-state index >= 15 is 0 Å². The van der Waals surface area contributed by atoms with Gasteiger partial charge in [-0.15, -0.1) is 0 Å². The van der Waals surface area contributed by atoms with Crippen LogP contribution in [-0.4, -0.2) is 38.6 Å². The van der Waals surface area contributed by atoms with Crippen molar-refractivity contribution in [1.29, 1.82) is 0 Å². The number of nitrogens with zero attached hydrogens (tertiary/aromatic N) is 1. The Balaban J connectivity index is 2.38. The van der Waals surface area contributed by atoms with Crippen molar-refractivity contribution in [1.82, 2.24) is 9.55 Å². The van der Waals surface area contributed by atoms with Crippen LogP contribution in [0.5, 0.6) is 0 Å². The van der Waals surface area contributed by atoms with Crippen LogP contribution in [0.15, 0.2) is 20.8 Å². The lowest BCUT2D eigenvalue weighted by atomic mass is 10.2. The van der Waals surface area contributed by atoms with E-state index in [-0.39, 0.29) is 18.6 Å². The molecule has 0 saturated carbocycles. The zero-order valence-corrected chi connectivity index (χ0v) is 11.4. The molecule has 0 amide bonds. The summed E-state index contributed by atoms with van der Waals surface area (Å²) in [5.41, 5.74) is -0.844. The van der Waals surface area contributed by atoms with Gasteiger partial charge in [-0.25, -0.2) is 4.79 Å². The summed E-state index contributed by atoms with van der Waals surface area (Å²) >= 11 is 3.05. The van der Waals surface area contributed by atoms with E-state index in [1.165, 1.54) is 21.8 Å². The lowest BCUT2D eigenvalue weighted by molar-refractivity contribution is -0.0459. The molecule has 1 aliphatic rings. The van der Waals surface area contributed by atoms with Crippen molar-refractivity contribution < 1.29 is 14.9 Å². The van der Waals surface area contributed by atoms with Gasteiger partial charge < -0.3 is 14.9 Å². The first kappa shape index (κ1) is 14.2. The first-order chi connectivity index (χ1) is 9.06. The molecule has 1 aromatic rings. The molecule has 2 heterocycles. The summed E-state index contributed by atoms with van der Waals surface area (Å²) in [6, 6.07) is 0. The molecular weight excluding hydrogens is 320 g/mol. The van der Waals surface area contributed by atoms with Crippen LogP contribution in [0.2, 0.25) is 0 Å². The van der Waals surface area contributed by atoms with Gasteiger partial charge in [0, 0.05) is 12.6 Å². The summed E-state index contributed by atoms with van der Waals surface area (Å²) in [5, 5.41) is 18.7. The largest absolute Gasteiger partial charge is 0.394 e. The second-order valence-corrected chi connectivity index (χ2v) is 4.69. The van der Waals surface area contributed by atoms with Crippen molar-refractivity contribution in [2.75, 3.05) is 6.61 Å². The number of hydrogen-bond donors (Lipinski definition) is 3. The lowest BCUT2D eigenvalue weighted by Crippen LogP contribution is -2.33. The quantitative estimate of drug-likeness (QED) is 0.695. The van der Waals surface area contributed by atoms with Crippen molar-refractivity contribution in [3.8, 4) is 0 Å². The van der Waals surface area contributed by atoms with Crippen molar-refractivity contribution in [2.45, 2.75) is 24.9 Å². The first-order valence-corrected chi connectivity index (χ1v) is 6.55. The van der Waals surface area contributed by atoms with E-state index < -0.39 is 29.7 Å². The van der Waals surface area contributed by atoms with Gasteiger partial charge >= 0.3 is 5.69 Å². The van der Waals surface area contributed by atoms with E-state index in [2.05, 4.69) is 20.9 Å². The molecule has 1 saturated heterocycles. The molecule has 1 fully saturated rings. The highest BCUT2D eigenvalue weighted by molar-refractivity contribution is 9.11. The van der Waals surface area contributed by atoms with Gasteiger partial charge in [0.2, 0.25) is 0 Å². The third-order valence-electron chi connectivity index (χ3n) is 2.93. The number of halogens is 1. The van der Waals surface area contributed by atoms with Crippen LogP contribution >= 0.6 is 15.9 Å². The monoisotopic (exact) mass is 332 g/mol. The van der Waals surface area contributed by atoms with E-state index in [9.17, 15) is 14.7 Å². The highest BCUT2D eigenvalue weighted by Gasteiger charge is 2.35. The van der Waals surface area contributed by atoms with Crippen LogP contribution in [0.25, 0.3) is 6.08 Å². The molecule has 1 aliphatic heterocycles. The van der Waals surface area contributed by atoms with E-state index in [1.807, 2.05) is 0 Å². The number of rotatable bonds is 3. The molecule has 104 valence electrons. The maximum atomic E-state index is 11.7. The number of hydrogen-bond acceptors (Lipinski definition) is 5. The SMILES string of the molecule is O=c1[nH]c(=O)n([C@H]2CC(O)C(CO)O2)cc1/C=C/Br. The van der Waals surface area contributed by atoms with Gasteiger partial charge in [0.15, 0.2) is 0 Å². The number of aliphatic hydroxyl groups excluding tert-OH is 2. The second kappa shape index (κ2) is 5.83. The number of nitrogens with one attached hydrogen (secondary N) is 1. The number of H-pyrrole nitrogens is 1. The second-order valence-electron chi connectivity index (χ2n) is 4.16. The van der Waals surface area contributed by atoms with Crippen molar-refractivity contribution in [2.24, 2.45) is 0 Å². The average Bonchev–Trinajstić information content (AvgIpc) is 2.74. The van der Waals surface area contributed by atoms with Crippen molar-refractivity contribution in [3.05, 3.63) is 37.6 Å². The molecule has 3 atom stereocenters. The van der Waals surface area contributed by atoms with Gasteiger partial charge in [0.05, 0.1) is 18.3 Å². The number of aromatic nitrogens is 2. The van der Waals surface area contributed by atoms with Gasteiger partial charge in [-0.2, -0.15) is 0 Å². The van der Waals surface area contributed by atoms with Crippen LogP contribution in [0.4, 0.5) is 0 Å². The van der Waals surface area contributed by atoms with Crippen molar-refractivity contribution >= 4 is 22.0 Å². The highest BCUT2D eigenvalue weighted by Crippen LogP contribution is 2.27. The minimum absolute atomic E-state index is 0.175. The molecule has 3 N–H and O–H groups in total. The predicted octanol–water partition coefficient (Wildman–Crippen LogP) is -0.457. The Hall–Kier alpha value is -1.22. The Morgan fingerprint density at radius 1 is 1.58 bits per heavy atom. The van der Waals surface area contributed by atoms with E-state index in [0.29, 0.717) is 0 Å². The normalized spacial score (nSPS) is 27.2. The fourth-order valence-corrected chi connectivity index (χ4v) is 2.24. The molecule has 0 bridgehead atoms. The molecule has 0 radical (unpaired) electrons. The summed E-state index contributed by atoms with van der Waals surface area (Å²) in [4.78, 5) is 26.9. The van der Waals surface area contributed by atoms with Crippen LogP contribution < -0.4 is 11.2 Å². The molecule has 0 aliphatic carbocycles. The van der Waals surface area contributed by atoms with E-state index in [0.717, 1.165) is 0 Å². The molecule has 2 unspecified atom stereocenters. The van der Waals surface area contributed by atoms with Crippen molar-refractivity contribution in [3.63, 3.8) is 0 Å². The fraction of sp³-hybridized carbons (Fsp3) is 0.455. The fourth-order valence-electron chi connectivity index (χ4n) is 1.95. The topological polar surface area (TPSA) is 105 Å². The molecule has 0 aromatic carbocycles. The first-order valence-electron chi connectivity index (χ1n) is 5.63. The van der Waals surface area contributed by atoms with Crippen LogP contribution in [0, 0.1) is 0 Å². The summed E-state index contributed by atoms with van der Waals surface area (Å²) in [5.74, 6) is 0.